The van der Waals surface area contributed by atoms with Crippen LogP contribution in [0.1, 0.15) is 0 Å². The van der Waals surface area contributed by atoms with Crippen LogP contribution < -0.4 is 25.6 Å². The lowest BCUT2D eigenvalue weighted by molar-refractivity contribution is 1.28. The van der Waals surface area contributed by atoms with Gasteiger partial charge in [-0.1, -0.05) is 249 Å². The molecule has 10 aromatic carbocycles. The molecule has 294 valence electrons. The normalized spacial score (nSPS) is 11.2. The monoisotopic (exact) mass is 807 g/mol. The molecule has 0 unspecified atom stereocenters. The van der Waals surface area contributed by atoms with E-state index in [2.05, 4.69) is 278 Å². The first-order valence-corrected chi connectivity index (χ1v) is 23.3. The summed E-state index contributed by atoms with van der Waals surface area (Å²) in [7, 11) is -2.70. The molecule has 62 heavy (non-hydrogen) atoms. The highest BCUT2D eigenvalue weighted by Gasteiger charge is 2.41. The minimum absolute atomic E-state index is 1.08. The number of benzene rings is 10. The number of para-hydroxylation sites is 1. The van der Waals surface area contributed by atoms with Gasteiger partial charge in [0.1, 0.15) is 0 Å². The summed E-state index contributed by atoms with van der Waals surface area (Å²) in [6.07, 6.45) is 0. The quantitative estimate of drug-likeness (QED) is 0.0929. The van der Waals surface area contributed by atoms with E-state index in [1.54, 1.807) is 0 Å². The van der Waals surface area contributed by atoms with Crippen LogP contribution in [0.15, 0.2) is 273 Å². The van der Waals surface area contributed by atoms with Crippen LogP contribution >= 0.6 is 0 Å². The maximum Gasteiger partial charge on any atom is 0.179 e. The zero-order valence-electron chi connectivity index (χ0n) is 34.4. The Morgan fingerprint density at radius 3 is 1.13 bits per heavy atom. The average molecular weight is 808 g/mol. The van der Waals surface area contributed by atoms with E-state index in [0.717, 1.165) is 28.2 Å². The fourth-order valence-corrected chi connectivity index (χ4v) is 13.9. The third kappa shape index (κ3) is 7.38. The van der Waals surface area contributed by atoms with Gasteiger partial charge in [-0.25, -0.2) is 0 Å². The maximum atomic E-state index is 2.45. The van der Waals surface area contributed by atoms with Crippen molar-refractivity contribution in [2.75, 3.05) is 4.90 Å². The summed E-state index contributed by atoms with van der Waals surface area (Å²) in [5.41, 5.74) is 12.7. The van der Waals surface area contributed by atoms with E-state index in [1.807, 2.05) is 0 Å². The van der Waals surface area contributed by atoms with Crippen molar-refractivity contribution in [1.29, 1.82) is 0 Å². The Balaban J connectivity index is 1.15. The lowest BCUT2D eigenvalue weighted by Crippen LogP contribution is -2.74. The summed E-state index contributed by atoms with van der Waals surface area (Å²) in [4.78, 5) is 2.45. The Labute approximate surface area is 366 Å². The second kappa shape index (κ2) is 17.4. The van der Waals surface area contributed by atoms with Crippen molar-refractivity contribution < 1.29 is 0 Å². The average Bonchev–Trinajstić information content (AvgIpc) is 3.37. The molecular formula is C60H45NSi. The Morgan fingerprint density at radius 1 is 0.226 bits per heavy atom. The second-order valence-corrected chi connectivity index (χ2v) is 19.5. The standard InChI is InChI=1S/C60H45NSi/c1-7-22-46(23-8-1)51-40-43-58(49-26-11-3-12-27-49)60(45-51)61(59-37-20-19-36-57(59)48-24-9-2-10-25-48)52-41-38-47(39-42-52)50-28-21-35-56(44-50)62(53-29-13-4-14-30-53,54-31-15-5-16-32-54)55-33-17-6-18-34-55/h1-45H. The third-order valence-corrected chi connectivity index (χ3v) is 16.8. The predicted octanol–water partition coefficient (Wildman–Crippen LogP) is 13.2. The van der Waals surface area contributed by atoms with E-state index < -0.39 is 8.07 Å². The smallest absolute Gasteiger partial charge is 0.179 e. The topological polar surface area (TPSA) is 3.24 Å². The molecule has 0 saturated carbocycles. The fourth-order valence-electron chi connectivity index (χ4n) is 9.13. The van der Waals surface area contributed by atoms with Gasteiger partial charge in [-0.2, -0.15) is 0 Å². The first-order valence-electron chi connectivity index (χ1n) is 21.3. The lowest BCUT2D eigenvalue weighted by Gasteiger charge is -2.34. The molecule has 1 nitrogen and oxygen atoms in total. The minimum atomic E-state index is -2.70. The molecule has 2 heteroatoms. The fraction of sp³-hybridized carbons (Fsp3) is 0. The molecule has 0 radical (unpaired) electrons. The molecule has 0 fully saturated rings. The number of anilines is 3. The van der Waals surface area contributed by atoms with Gasteiger partial charge < -0.3 is 4.90 Å². The van der Waals surface area contributed by atoms with Gasteiger partial charge in [-0.15, -0.1) is 0 Å². The van der Waals surface area contributed by atoms with Gasteiger partial charge in [0.25, 0.3) is 0 Å². The Kier molecular flexibility index (Phi) is 10.8. The molecule has 0 atom stereocenters. The van der Waals surface area contributed by atoms with E-state index in [4.69, 9.17) is 0 Å². The van der Waals surface area contributed by atoms with Crippen LogP contribution in [0.2, 0.25) is 0 Å². The second-order valence-electron chi connectivity index (χ2n) is 15.7. The van der Waals surface area contributed by atoms with Gasteiger partial charge in [0, 0.05) is 16.8 Å². The van der Waals surface area contributed by atoms with E-state index in [1.165, 1.54) is 54.1 Å². The zero-order chi connectivity index (χ0) is 41.6. The molecule has 0 bridgehead atoms. The van der Waals surface area contributed by atoms with Crippen molar-refractivity contribution in [3.05, 3.63) is 273 Å². The molecule has 10 rings (SSSR count). The van der Waals surface area contributed by atoms with Crippen molar-refractivity contribution >= 4 is 45.9 Å². The van der Waals surface area contributed by atoms with Gasteiger partial charge in [-0.05, 0) is 78.4 Å². The molecule has 10 aromatic rings. The van der Waals surface area contributed by atoms with Crippen molar-refractivity contribution in [2.45, 2.75) is 0 Å². The van der Waals surface area contributed by atoms with Crippen LogP contribution in [0.5, 0.6) is 0 Å². The summed E-state index contributed by atoms with van der Waals surface area (Å²) in [6.45, 7) is 0. The van der Waals surface area contributed by atoms with Crippen molar-refractivity contribution in [1.82, 2.24) is 0 Å². The Morgan fingerprint density at radius 2 is 0.597 bits per heavy atom. The largest absolute Gasteiger partial charge is 0.309 e. The first kappa shape index (κ1) is 38.4. The molecule has 0 spiro atoms. The van der Waals surface area contributed by atoms with Crippen LogP contribution in [-0.2, 0) is 0 Å². The van der Waals surface area contributed by atoms with Gasteiger partial charge in [0.15, 0.2) is 8.07 Å². The molecule has 0 aliphatic rings. The van der Waals surface area contributed by atoms with Crippen molar-refractivity contribution in [3.63, 3.8) is 0 Å². The molecule has 0 amide bonds. The van der Waals surface area contributed by atoms with E-state index in [-0.39, 0.29) is 0 Å². The molecule has 0 aliphatic carbocycles. The molecular weight excluding hydrogens is 763 g/mol. The zero-order valence-corrected chi connectivity index (χ0v) is 35.4. The van der Waals surface area contributed by atoms with Crippen LogP contribution in [0.25, 0.3) is 44.5 Å². The van der Waals surface area contributed by atoms with Crippen molar-refractivity contribution in [3.8, 4) is 44.5 Å². The van der Waals surface area contributed by atoms with Crippen LogP contribution in [0.3, 0.4) is 0 Å². The Bertz CT molecular complexity index is 2930. The van der Waals surface area contributed by atoms with Crippen molar-refractivity contribution in [2.24, 2.45) is 0 Å². The molecule has 0 saturated heterocycles. The minimum Gasteiger partial charge on any atom is -0.309 e. The summed E-state index contributed by atoms with van der Waals surface area (Å²) < 4.78 is 0. The lowest BCUT2D eigenvalue weighted by atomic mass is 9.95. The number of hydrogen-bond donors (Lipinski definition) is 0. The number of hydrogen-bond acceptors (Lipinski definition) is 1. The van der Waals surface area contributed by atoms with Gasteiger partial charge >= 0.3 is 0 Å². The van der Waals surface area contributed by atoms with E-state index >= 15 is 0 Å². The highest BCUT2D eigenvalue weighted by Crippen LogP contribution is 2.46. The van der Waals surface area contributed by atoms with Crippen LogP contribution in [0, 0.1) is 0 Å². The SMILES string of the molecule is c1ccc(-c2ccc(-c3ccccc3)c(N(c3ccc(-c4cccc([Si](c5ccccc5)(c5ccccc5)c5ccccc5)c4)cc3)c3ccccc3-c3ccccc3)c2)cc1. The number of nitrogens with zero attached hydrogens (tertiary/aromatic N) is 1. The third-order valence-electron chi connectivity index (χ3n) is 12.0. The highest BCUT2D eigenvalue weighted by atomic mass is 28.3. The Hall–Kier alpha value is -7.78. The maximum absolute atomic E-state index is 2.70. The highest BCUT2D eigenvalue weighted by molar-refractivity contribution is 7.19. The molecule has 0 aliphatic heterocycles. The van der Waals surface area contributed by atoms with Gasteiger partial charge in [0.2, 0.25) is 0 Å². The van der Waals surface area contributed by atoms with Crippen LogP contribution in [0.4, 0.5) is 17.1 Å². The summed E-state index contributed by atoms with van der Waals surface area (Å²) in [6, 6.07) is 99.8. The first-order chi connectivity index (χ1) is 30.8. The van der Waals surface area contributed by atoms with Gasteiger partial charge in [-0.3, -0.25) is 0 Å². The molecule has 0 N–H and O–H groups in total. The van der Waals surface area contributed by atoms with E-state index in [9.17, 15) is 0 Å². The molecule has 0 aromatic heterocycles. The summed E-state index contributed by atoms with van der Waals surface area (Å²) in [5.74, 6) is 0. The summed E-state index contributed by atoms with van der Waals surface area (Å²) >= 11 is 0. The number of rotatable bonds is 11. The van der Waals surface area contributed by atoms with Gasteiger partial charge in [0.05, 0.1) is 11.4 Å². The van der Waals surface area contributed by atoms with Crippen LogP contribution in [-0.4, -0.2) is 8.07 Å². The predicted molar refractivity (Wildman–Crippen MR) is 266 cm³/mol. The molecule has 0 heterocycles. The summed E-state index contributed by atoms with van der Waals surface area (Å²) in [5, 5.41) is 5.45. The van der Waals surface area contributed by atoms with E-state index in [0.29, 0.717) is 0 Å².